The average Bonchev–Trinajstić information content (AvgIpc) is 2.85. The average molecular weight is 515 g/mol. The van der Waals surface area contributed by atoms with Crippen LogP contribution in [0.1, 0.15) is 62.9 Å². The number of aliphatic hydroxyl groups is 1. The van der Waals surface area contributed by atoms with Gasteiger partial charge in [-0.2, -0.15) is 0 Å². The standard InChI is InChI=1S/C26H24N2O3.C6H14O/c1-4-30-23(29)14-20-15(2)13-21-18(6-5-16(3)28-21)25(20)19-7-8-22-24-17(10-12-31-22)9-11-27-26(19)24;1-4-5-6(2,3)7/h5-9,11,13H,4,10,12,14H2,1-3H3;7H,4-5H2,1-3H3. The molecule has 0 saturated heterocycles. The van der Waals surface area contributed by atoms with Crippen LogP contribution in [0.15, 0.2) is 42.6 Å². The molecule has 6 nitrogen and oxygen atoms in total. The molecule has 4 aromatic rings. The van der Waals surface area contributed by atoms with Crippen LogP contribution in [-0.4, -0.2) is 39.9 Å². The number of nitrogens with zero attached hydrogens (tertiary/aromatic N) is 2. The Kier molecular flexibility index (Phi) is 8.32. The number of pyridine rings is 2. The zero-order chi connectivity index (χ0) is 27.4. The van der Waals surface area contributed by atoms with Crippen LogP contribution in [-0.2, 0) is 22.4 Å². The van der Waals surface area contributed by atoms with Gasteiger partial charge in [0.05, 0.1) is 36.3 Å². The summed E-state index contributed by atoms with van der Waals surface area (Å²) < 4.78 is 11.2. The van der Waals surface area contributed by atoms with Crippen molar-refractivity contribution in [1.29, 1.82) is 0 Å². The molecule has 200 valence electrons. The van der Waals surface area contributed by atoms with Crippen LogP contribution in [0.3, 0.4) is 0 Å². The molecule has 2 aromatic carbocycles. The number of hydrogen-bond donors (Lipinski definition) is 1. The molecule has 0 saturated carbocycles. The van der Waals surface area contributed by atoms with E-state index in [1.165, 1.54) is 5.56 Å². The van der Waals surface area contributed by atoms with Crippen LogP contribution < -0.4 is 4.74 Å². The minimum Gasteiger partial charge on any atom is -0.493 e. The minimum absolute atomic E-state index is 0.207. The molecule has 0 spiro atoms. The number of hydrogen-bond acceptors (Lipinski definition) is 6. The summed E-state index contributed by atoms with van der Waals surface area (Å²) >= 11 is 0. The van der Waals surface area contributed by atoms with Gasteiger partial charge < -0.3 is 14.6 Å². The first-order valence-electron chi connectivity index (χ1n) is 13.4. The summed E-state index contributed by atoms with van der Waals surface area (Å²) in [6.45, 7) is 12.6. The van der Waals surface area contributed by atoms with Crippen molar-refractivity contribution in [2.24, 2.45) is 0 Å². The maximum atomic E-state index is 12.5. The highest BCUT2D eigenvalue weighted by Crippen LogP contribution is 2.42. The van der Waals surface area contributed by atoms with Gasteiger partial charge >= 0.3 is 5.97 Å². The van der Waals surface area contributed by atoms with E-state index < -0.39 is 5.60 Å². The fourth-order valence-corrected chi connectivity index (χ4v) is 5.16. The van der Waals surface area contributed by atoms with E-state index in [4.69, 9.17) is 24.5 Å². The van der Waals surface area contributed by atoms with Gasteiger partial charge in [-0.15, -0.1) is 0 Å². The molecule has 5 rings (SSSR count). The number of ether oxygens (including phenoxy) is 2. The summed E-state index contributed by atoms with van der Waals surface area (Å²) in [6.07, 6.45) is 4.89. The van der Waals surface area contributed by atoms with Gasteiger partial charge in [0, 0.05) is 34.6 Å². The molecular formula is C32H38N2O4. The molecule has 0 amide bonds. The first kappa shape index (κ1) is 27.5. The predicted molar refractivity (Wildman–Crippen MR) is 153 cm³/mol. The van der Waals surface area contributed by atoms with Crippen molar-refractivity contribution in [2.75, 3.05) is 13.2 Å². The molecule has 2 aromatic heterocycles. The summed E-state index contributed by atoms with van der Waals surface area (Å²) in [5, 5.41) is 11.1. The van der Waals surface area contributed by atoms with Gasteiger partial charge in [0.15, 0.2) is 0 Å². The normalized spacial score (nSPS) is 12.6. The van der Waals surface area contributed by atoms with Crippen molar-refractivity contribution < 1.29 is 19.4 Å². The third kappa shape index (κ3) is 5.97. The molecule has 1 aliphatic heterocycles. The molecule has 0 fully saturated rings. The molecular weight excluding hydrogens is 476 g/mol. The number of carbonyl (C=O) groups is 1. The van der Waals surface area contributed by atoms with E-state index in [1.807, 2.05) is 52.9 Å². The Morgan fingerprint density at radius 1 is 1.13 bits per heavy atom. The molecule has 1 N–H and O–H groups in total. The molecule has 38 heavy (non-hydrogen) atoms. The number of fused-ring (bicyclic) bond motifs is 1. The third-order valence-electron chi connectivity index (χ3n) is 6.79. The zero-order valence-corrected chi connectivity index (χ0v) is 23.4. The topological polar surface area (TPSA) is 81.5 Å². The number of aryl methyl sites for hydroxylation is 2. The van der Waals surface area contributed by atoms with Crippen molar-refractivity contribution >= 4 is 27.8 Å². The van der Waals surface area contributed by atoms with E-state index >= 15 is 0 Å². The Hall–Kier alpha value is -3.51. The Balaban J connectivity index is 0.000000426. The van der Waals surface area contributed by atoms with Crippen LogP contribution in [0.25, 0.3) is 32.9 Å². The predicted octanol–water partition coefficient (Wildman–Crippen LogP) is 6.66. The molecule has 6 heteroatoms. The first-order chi connectivity index (χ1) is 18.1. The SMILES string of the molecule is CCCC(C)(C)O.CCOC(=O)Cc1c(C)cc2nc(C)ccc2c1-c1ccc2c3c(ccnc13)CCO2. The largest absolute Gasteiger partial charge is 0.493 e. The van der Waals surface area contributed by atoms with Crippen LogP contribution in [0.2, 0.25) is 0 Å². The van der Waals surface area contributed by atoms with E-state index in [-0.39, 0.29) is 12.4 Å². The lowest BCUT2D eigenvalue weighted by atomic mass is 9.88. The molecule has 0 unspecified atom stereocenters. The Morgan fingerprint density at radius 2 is 1.92 bits per heavy atom. The first-order valence-corrected chi connectivity index (χ1v) is 13.4. The number of rotatable bonds is 6. The number of esters is 1. The lowest BCUT2D eigenvalue weighted by Crippen LogP contribution is -2.16. The second-order valence-corrected chi connectivity index (χ2v) is 10.5. The van der Waals surface area contributed by atoms with Crippen LogP contribution in [0.5, 0.6) is 5.75 Å². The van der Waals surface area contributed by atoms with Gasteiger partial charge in [-0.3, -0.25) is 14.8 Å². The maximum absolute atomic E-state index is 12.5. The van der Waals surface area contributed by atoms with E-state index in [0.717, 1.165) is 74.8 Å². The summed E-state index contributed by atoms with van der Waals surface area (Å²) in [7, 11) is 0. The Labute approximate surface area is 225 Å². The van der Waals surface area contributed by atoms with E-state index in [0.29, 0.717) is 13.2 Å². The minimum atomic E-state index is -0.450. The Bertz CT molecular complexity index is 1460. The van der Waals surface area contributed by atoms with Gasteiger partial charge in [-0.25, -0.2) is 0 Å². The molecule has 0 radical (unpaired) electrons. The quantitative estimate of drug-likeness (QED) is 0.290. The fourth-order valence-electron chi connectivity index (χ4n) is 5.16. The third-order valence-corrected chi connectivity index (χ3v) is 6.79. The second kappa shape index (κ2) is 11.5. The highest BCUT2D eigenvalue weighted by Gasteiger charge is 2.22. The number of aromatic nitrogens is 2. The van der Waals surface area contributed by atoms with Crippen molar-refractivity contribution in [2.45, 2.75) is 72.8 Å². The van der Waals surface area contributed by atoms with Gasteiger partial charge in [0.25, 0.3) is 0 Å². The number of benzene rings is 2. The van der Waals surface area contributed by atoms with Crippen LogP contribution in [0.4, 0.5) is 0 Å². The summed E-state index contributed by atoms with van der Waals surface area (Å²) in [4.78, 5) is 22.0. The van der Waals surface area contributed by atoms with Crippen LogP contribution in [0, 0.1) is 13.8 Å². The lowest BCUT2D eigenvalue weighted by Gasteiger charge is -2.21. The summed E-state index contributed by atoms with van der Waals surface area (Å²) in [6, 6.07) is 12.3. The van der Waals surface area contributed by atoms with E-state index in [2.05, 4.69) is 31.2 Å². The van der Waals surface area contributed by atoms with E-state index in [9.17, 15) is 4.79 Å². The highest BCUT2D eigenvalue weighted by molar-refractivity contribution is 6.07. The van der Waals surface area contributed by atoms with Crippen molar-refractivity contribution in [3.8, 4) is 16.9 Å². The molecule has 1 aliphatic rings. The second-order valence-electron chi connectivity index (χ2n) is 10.5. The lowest BCUT2D eigenvalue weighted by molar-refractivity contribution is -0.142. The molecule has 0 bridgehead atoms. The highest BCUT2D eigenvalue weighted by atomic mass is 16.5. The van der Waals surface area contributed by atoms with Gasteiger partial charge in [0.1, 0.15) is 5.75 Å². The monoisotopic (exact) mass is 514 g/mol. The number of carbonyl (C=O) groups excluding carboxylic acids is 1. The van der Waals surface area contributed by atoms with Crippen molar-refractivity contribution in [3.63, 3.8) is 0 Å². The van der Waals surface area contributed by atoms with Gasteiger partial charge in [0.2, 0.25) is 0 Å². The fraction of sp³-hybridized carbons (Fsp3) is 0.406. The summed E-state index contributed by atoms with van der Waals surface area (Å²) in [5.74, 6) is 0.635. The van der Waals surface area contributed by atoms with Gasteiger partial charge in [-0.05, 0) is 93.6 Å². The maximum Gasteiger partial charge on any atom is 0.310 e. The van der Waals surface area contributed by atoms with Crippen LogP contribution >= 0.6 is 0 Å². The smallest absolute Gasteiger partial charge is 0.310 e. The van der Waals surface area contributed by atoms with E-state index in [1.54, 1.807) is 0 Å². The Morgan fingerprint density at radius 3 is 2.61 bits per heavy atom. The molecule has 0 atom stereocenters. The molecule has 3 heterocycles. The van der Waals surface area contributed by atoms with Gasteiger partial charge in [-0.1, -0.05) is 19.4 Å². The molecule has 0 aliphatic carbocycles. The van der Waals surface area contributed by atoms with Crippen molar-refractivity contribution in [1.82, 2.24) is 9.97 Å². The zero-order valence-electron chi connectivity index (χ0n) is 23.4. The van der Waals surface area contributed by atoms with Crippen molar-refractivity contribution in [3.05, 3.63) is 65.0 Å². The summed E-state index contributed by atoms with van der Waals surface area (Å²) in [5.41, 5.74) is 7.52.